The molecule has 5 nitrogen and oxygen atoms in total. The fourth-order valence-corrected chi connectivity index (χ4v) is 1.90. The molecule has 1 N–H and O–H groups in total. The molecule has 7 heteroatoms. The van der Waals surface area contributed by atoms with Crippen LogP contribution >= 0.6 is 0 Å². The molecule has 0 amide bonds. The lowest BCUT2D eigenvalue weighted by Gasteiger charge is -2.09. The van der Waals surface area contributed by atoms with Gasteiger partial charge in [0.05, 0.1) is 12.5 Å². The topological polar surface area (TPSA) is 60.2 Å². The van der Waals surface area contributed by atoms with Gasteiger partial charge in [-0.15, -0.1) is 0 Å². The van der Waals surface area contributed by atoms with E-state index >= 15 is 0 Å². The van der Waals surface area contributed by atoms with Crippen LogP contribution in [0.4, 0.5) is 14.6 Å². The highest BCUT2D eigenvalue weighted by Gasteiger charge is 2.09. The fraction of sp³-hybridized carbons (Fsp3) is 0.125. The van der Waals surface area contributed by atoms with Gasteiger partial charge in [-0.3, -0.25) is 0 Å². The molecular weight excluding hydrogens is 304 g/mol. The Bertz CT molecular complexity index is 779. The number of hydrogen-bond donors (Lipinski definition) is 1. The van der Waals surface area contributed by atoms with Gasteiger partial charge in [-0.1, -0.05) is 18.2 Å². The van der Waals surface area contributed by atoms with E-state index < -0.39 is 5.82 Å². The van der Waals surface area contributed by atoms with Crippen molar-refractivity contribution >= 4 is 5.82 Å². The second-order valence-electron chi connectivity index (χ2n) is 4.66. The van der Waals surface area contributed by atoms with Crippen LogP contribution in [0.2, 0.25) is 0 Å². The number of benzene rings is 1. The molecule has 0 radical (unpaired) electrons. The van der Waals surface area contributed by atoms with E-state index in [9.17, 15) is 8.78 Å². The van der Waals surface area contributed by atoms with Crippen LogP contribution in [0.25, 0.3) is 0 Å². The van der Waals surface area contributed by atoms with Crippen molar-refractivity contribution in [3.05, 3.63) is 71.8 Å². The summed E-state index contributed by atoms with van der Waals surface area (Å²) in [5.74, 6) is -0.480. The van der Waals surface area contributed by atoms with Gasteiger partial charge in [0.2, 0.25) is 0 Å². The van der Waals surface area contributed by atoms with Crippen LogP contribution in [0.15, 0.2) is 53.3 Å². The summed E-state index contributed by atoms with van der Waals surface area (Å²) in [6, 6.07) is 9.70. The Morgan fingerprint density at radius 3 is 2.74 bits per heavy atom. The number of rotatable bonds is 6. The molecule has 0 fully saturated rings. The van der Waals surface area contributed by atoms with E-state index in [1.54, 1.807) is 30.3 Å². The Labute approximate surface area is 131 Å². The molecule has 0 spiro atoms. The third-order valence-electron chi connectivity index (χ3n) is 3.05. The first-order valence-electron chi connectivity index (χ1n) is 6.87. The van der Waals surface area contributed by atoms with Gasteiger partial charge in [-0.05, 0) is 18.2 Å². The maximum absolute atomic E-state index is 13.7. The summed E-state index contributed by atoms with van der Waals surface area (Å²) >= 11 is 0. The molecule has 0 aliphatic rings. The highest BCUT2D eigenvalue weighted by molar-refractivity contribution is 5.37. The lowest BCUT2D eigenvalue weighted by atomic mass is 10.2. The van der Waals surface area contributed by atoms with Gasteiger partial charge in [-0.2, -0.15) is 4.98 Å². The van der Waals surface area contributed by atoms with Crippen molar-refractivity contribution in [2.24, 2.45) is 0 Å². The van der Waals surface area contributed by atoms with Crippen LogP contribution < -0.4 is 10.1 Å². The van der Waals surface area contributed by atoms with E-state index in [1.807, 2.05) is 0 Å². The molecule has 0 unspecified atom stereocenters. The maximum Gasteiger partial charge on any atom is 0.318 e. The molecule has 0 bridgehead atoms. The zero-order valence-corrected chi connectivity index (χ0v) is 12.0. The van der Waals surface area contributed by atoms with Gasteiger partial charge in [0.1, 0.15) is 18.2 Å². The fourth-order valence-electron chi connectivity index (χ4n) is 1.90. The molecule has 0 atom stereocenters. The second kappa shape index (κ2) is 6.87. The molecule has 0 saturated carbocycles. The molecule has 2 aromatic heterocycles. The smallest absolute Gasteiger partial charge is 0.318 e. The van der Waals surface area contributed by atoms with Gasteiger partial charge >= 0.3 is 6.01 Å². The summed E-state index contributed by atoms with van der Waals surface area (Å²) in [7, 11) is 0. The number of nitrogens with zero attached hydrogens (tertiary/aromatic N) is 2. The van der Waals surface area contributed by atoms with Gasteiger partial charge < -0.3 is 14.5 Å². The highest BCUT2D eigenvalue weighted by Crippen LogP contribution is 2.16. The van der Waals surface area contributed by atoms with Crippen molar-refractivity contribution in [2.75, 3.05) is 5.32 Å². The molecule has 0 aliphatic heterocycles. The summed E-state index contributed by atoms with van der Waals surface area (Å²) in [6.45, 7) is 0.226. The van der Waals surface area contributed by atoms with E-state index in [1.165, 1.54) is 12.3 Å². The number of aromatic nitrogens is 2. The Hall–Kier alpha value is -2.96. The molecule has 1 aromatic carbocycles. The van der Waals surface area contributed by atoms with Crippen LogP contribution in [0.5, 0.6) is 6.01 Å². The van der Waals surface area contributed by atoms with Crippen LogP contribution in [-0.4, -0.2) is 9.97 Å². The van der Waals surface area contributed by atoms with E-state index in [0.29, 0.717) is 11.3 Å². The summed E-state index contributed by atoms with van der Waals surface area (Å²) in [6.07, 6.45) is 2.51. The van der Waals surface area contributed by atoms with Gasteiger partial charge in [0.25, 0.3) is 0 Å². The summed E-state index contributed by atoms with van der Waals surface area (Å²) in [4.78, 5) is 7.68. The zero-order chi connectivity index (χ0) is 16.1. The van der Waals surface area contributed by atoms with Crippen LogP contribution in [0.3, 0.4) is 0 Å². The van der Waals surface area contributed by atoms with Crippen LogP contribution in [-0.2, 0) is 13.2 Å². The van der Waals surface area contributed by atoms with Crippen molar-refractivity contribution in [1.29, 1.82) is 0 Å². The largest absolute Gasteiger partial charge is 0.466 e. The molecule has 2 heterocycles. The lowest BCUT2D eigenvalue weighted by Crippen LogP contribution is -2.07. The maximum atomic E-state index is 13.7. The van der Waals surface area contributed by atoms with Crippen molar-refractivity contribution in [3.8, 4) is 6.01 Å². The predicted molar refractivity (Wildman–Crippen MR) is 78.8 cm³/mol. The highest BCUT2D eigenvalue weighted by atomic mass is 19.1. The van der Waals surface area contributed by atoms with Gasteiger partial charge in [0.15, 0.2) is 11.6 Å². The van der Waals surface area contributed by atoms with Gasteiger partial charge in [0, 0.05) is 12.1 Å². The third kappa shape index (κ3) is 3.82. The average molecular weight is 317 g/mol. The molecule has 3 rings (SSSR count). The lowest BCUT2D eigenvalue weighted by molar-refractivity contribution is 0.249. The third-order valence-corrected chi connectivity index (χ3v) is 3.05. The first-order valence-corrected chi connectivity index (χ1v) is 6.87. The molecule has 3 aromatic rings. The summed E-state index contributed by atoms with van der Waals surface area (Å²) < 4.78 is 37.7. The van der Waals surface area contributed by atoms with E-state index in [-0.39, 0.29) is 30.8 Å². The van der Waals surface area contributed by atoms with Crippen molar-refractivity contribution in [1.82, 2.24) is 9.97 Å². The standard InChI is InChI=1S/C16H13F2N3O2/c17-13-6-2-1-4-11(13)8-19-15-14(18)9-20-16(21-15)23-10-12-5-3-7-22-12/h1-7,9H,8,10H2,(H,19,20,21). The average Bonchev–Trinajstić information content (AvgIpc) is 3.07. The molecular formula is C16H13F2N3O2. The van der Waals surface area contributed by atoms with Crippen molar-refractivity contribution in [2.45, 2.75) is 13.2 Å². The van der Waals surface area contributed by atoms with Gasteiger partial charge in [-0.25, -0.2) is 13.8 Å². The van der Waals surface area contributed by atoms with E-state index in [0.717, 1.165) is 6.20 Å². The van der Waals surface area contributed by atoms with Crippen molar-refractivity contribution in [3.63, 3.8) is 0 Å². The Balaban J connectivity index is 1.66. The second-order valence-corrected chi connectivity index (χ2v) is 4.66. The normalized spacial score (nSPS) is 10.5. The van der Waals surface area contributed by atoms with E-state index in [2.05, 4.69) is 15.3 Å². The number of anilines is 1. The number of nitrogens with one attached hydrogen (secondary N) is 1. The minimum atomic E-state index is -0.647. The van der Waals surface area contributed by atoms with Crippen LogP contribution in [0, 0.1) is 11.6 Å². The number of hydrogen-bond acceptors (Lipinski definition) is 5. The Kier molecular flexibility index (Phi) is 4.46. The predicted octanol–water partition coefficient (Wildman–Crippen LogP) is 3.54. The summed E-state index contributed by atoms with van der Waals surface area (Å²) in [5, 5.41) is 2.73. The number of halogens is 2. The Morgan fingerprint density at radius 2 is 1.96 bits per heavy atom. The zero-order valence-electron chi connectivity index (χ0n) is 12.0. The SMILES string of the molecule is Fc1ccccc1CNc1nc(OCc2ccco2)ncc1F. The first-order chi connectivity index (χ1) is 11.2. The minimum absolute atomic E-state index is 0.00108. The number of ether oxygens (including phenoxy) is 1. The minimum Gasteiger partial charge on any atom is -0.466 e. The van der Waals surface area contributed by atoms with Crippen molar-refractivity contribution < 1.29 is 17.9 Å². The number of furan rings is 1. The molecule has 0 saturated heterocycles. The molecule has 118 valence electrons. The van der Waals surface area contributed by atoms with Crippen LogP contribution in [0.1, 0.15) is 11.3 Å². The Morgan fingerprint density at radius 1 is 1.09 bits per heavy atom. The molecule has 23 heavy (non-hydrogen) atoms. The summed E-state index contributed by atoms with van der Waals surface area (Å²) in [5.41, 5.74) is 0.406. The first kappa shape index (κ1) is 15.0. The monoisotopic (exact) mass is 317 g/mol. The molecule has 0 aliphatic carbocycles. The quantitative estimate of drug-likeness (QED) is 0.753. The van der Waals surface area contributed by atoms with E-state index in [4.69, 9.17) is 9.15 Å².